The number of hydrogen-bond donors (Lipinski definition) is 1. The Balaban J connectivity index is 1.86. The van der Waals surface area contributed by atoms with Gasteiger partial charge in [-0.2, -0.15) is 0 Å². The zero-order valence-corrected chi connectivity index (χ0v) is 10.9. The fourth-order valence-corrected chi connectivity index (χ4v) is 4.29. The first-order valence-corrected chi connectivity index (χ1v) is 8.46. The quantitative estimate of drug-likeness (QED) is 0.825. The molecular formula is C12H23NO2S. The molecule has 2 saturated carbocycles. The van der Waals surface area contributed by atoms with Crippen molar-refractivity contribution in [1.29, 1.82) is 0 Å². The second kappa shape index (κ2) is 5.05. The summed E-state index contributed by atoms with van der Waals surface area (Å²) >= 11 is 0. The van der Waals surface area contributed by atoms with E-state index in [1.54, 1.807) is 0 Å². The topological polar surface area (TPSA) is 46.2 Å². The Bertz CT molecular complexity index is 320. The fourth-order valence-electron chi connectivity index (χ4n) is 3.11. The molecule has 4 heteroatoms. The van der Waals surface area contributed by atoms with Crippen LogP contribution in [0.5, 0.6) is 0 Å². The summed E-state index contributed by atoms with van der Waals surface area (Å²) < 4.78 is 23.1. The largest absolute Gasteiger partial charge is 0.311 e. The van der Waals surface area contributed by atoms with Crippen LogP contribution in [0.4, 0.5) is 0 Å². The van der Waals surface area contributed by atoms with E-state index in [1.165, 1.54) is 31.9 Å². The molecule has 0 heterocycles. The van der Waals surface area contributed by atoms with Gasteiger partial charge in [-0.15, -0.1) is 0 Å². The summed E-state index contributed by atoms with van der Waals surface area (Å²) in [4.78, 5) is 0. The van der Waals surface area contributed by atoms with Crippen molar-refractivity contribution in [2.45, 2.75) is 68.7 Å². The maximum Gasteiger partial charge on any atom is 0.150 e. The van der Waals surface area contributed by atoms with Gasteiger partial charge in [0.2, 0.25) is 0 Å². The van der Waals surface area contributed by atoms with E-state index in [4.69, 9.17) is 0 Å². The standard InChI is InChI=1S/C12H23NO2S/c1-16(14,15)12-8-4-7-11(9-12)13-10-5-2-3-6-10/h10-13H,2-9H2,1H3. The van der Waals surface area contributed by atoms with Crippen molar-refractivity contribution in [2.24, 2.45) is 0 Å². The van der Waals surface area contributed by atoms with E-state index in [1.807, 2.05) is 0 Å². The highest BCUT2D eigenvalue weighted by Gasteiger charge is 2.30. The Labute approximate surface area is 98.9 Å². The molecule has 2 fully saturated rings. The lowest BCUT2D eigenvalue weighted by Gasteiger charge is -2.30. The summed E-state index contributed by atoms with van der Waals surface area (Å²) in [5.74, 6) is 0. The maximum atomic E-state index is 11.5. The smallest absolute Gasteiger partial charge is 0.150 e. The Morgan fingerprint density at radius 2 is 1.56 bits per heavy atom. The van der Waals surface area contributed by atoms with E-state index >= 15 is 0 Å². The van der Waals surface area contributed by atoms with Crippen molar-refractivity contribution >= 4 is 9.84 Å². The van der Waals surface area contributed by atoms with Crippen molar-refractivity contribution in [2.75, 3.05) is 6.26 Å². The van der Waals surface area contributed by atoms with E-state index in [0.717, 1.165) is 25.7 Å². The number of sulfone groups is 1. The van der Waals surface area contributed by atoms with Crippen molar-refractivity contribution in [1.82, 2.24) is 5.32 Å². The lowest BCUT2D eigenvalue weighted by molar-refractivity contribution is 0.337. The van der Waals surface area contributed by atoms with Gasteiger partial charge in [0.1, 0.15) is 9.84 Å². The monoisotopic (exact) mass is 245 g/mol. The molecule has 3 nitrogen and oxygen atoms in total. The minimum atomic E-state index is -2.83. The van der Waals surface area contributed by atoms with Gasteiger partial charge in [0.25, 0.3) is 0 Å². The van der Waals surface area contributed by atoms with Crippen LogP contribution in [-0.4, -0.2) is 32.0 Å². The van der Waals surface area contributed by atoms with Gasteiger partial charge in [-0.1, -0.05) is 19.3 Å². The van der Waals surface area contributed by atoms with Crippen LogP contribution >= 0.6 is 0 Å². The predicted octanol–water partition coefficient (Wildman–Crippen LogP) is 1.87. The molecule has 2 aliphatic carbocycles. The molecule has 0 radical (unpaired) electrons. The predicted molar refractivity (Wildman–Crippen MR) is 66.3 cm³/mol. The Kier molecular flexibility index (Phi) is 3.90. The average Bonchev–Trinajstić information content (AvgIpc) is 2.70. The molecule has 2 aliphatic rings. The Morgan fingerprint density at radius 1 is 0.938 bits per heavy atom. The molecular weight excluding hydrogens is 222 g/mol. The SMILES string of the molecule is CS(=O)(=O)C1CCCC(NC2CCCC2)C1. The van der Waals surface area contributed by atoms with E-state index < -0.39 is 9.84 Å². The molecule has 2 unspecified atom stereocenters. The van der Waals surface area contributed by atoms with Gasteiger partial charge in [-0.3, -0.25) is 0 Å². The highest BCUT2D eigenvalue weighted by molar-refractivity contribution is 7.91. The zero-order chi connectivity index (χ0) is 11.6. The molecule has 2 atom stereocenters. The molecule has 0 spiro atoms. The summed E-state index contributed by atoms with van der Waals surface area (Å²) in [5.41, 5.74) is 0. The van der Waals surface area contributed by atoms with Gasteiger partial charge in [0.05, 0.1) is 5.25 Å². The summed E-state index contributed by atoms with van der Waals surface area (Å²) in [6.45, 7) is 0. The lowest BCUT2D eigenvalue weighted by atomic mass is 9.94. The maximum absolute atomic E-state index is 11.5. The second-order valence-corrected chi connectivity index (χ2v) is 7.79. The summed E-state index contributed by atoms with van der Waals surface area (Å²) in [6.07, 6.45) is 10.5. The van der Waals surface area contributed by atoms with E-state index in [9.17, 15) is 8.42 Å². The molecule has 1 N–H and O–H groups in total. The molecule has 0 aromatic heterocycles. The first kappa shape index (κ1) is 12.4. The number of nitrogens with one attached hydrogen (secondary N) is 1. The summed E-state index contributed by atoms with van der Waals surface area (Å²) in [7, 11) is -2.83. The minimum absolute atomic E-state index is 0.0971. The minimum Gasteiger partial charge on any atom is -0.311 e. The van der Waals surface area contributed by atoms with E-state index in [2.05, 4.69) is 5.32 Å². The first-order chi connectivity index (χ1) is 7.55. The van der Waals surface area contributed by atoms with Crippen LogP contribution in [0.25, 0.3) is 0 Å². The molecule has 0 aliphatic heterocycles. The molecule has 16 heavy (non-hydrogen) atoms. The number of hydrogen-bond acceptors (Lipinski definition) is 3. The van der Waals surface area contributed by atoms with Crippen LogP contribution in [0.1, 0.15) is 51.4 Å². The van der Waals surface area contributed by atoms with E-state index in [-0.39, 0.29) is 5.25 Å². The third-order valence-corrected chi connectivity index (χ3v) is 5.70. The van der Waals surface area contributed by atoms with Gasteiger partial charge < -0.3 is 5.32 Å². The van der Waals surface area contributed by atoms with Crippen molar-refractivity contribution in [3.05, 3.63) is 0 Å². The average molecular weight is 245 g/mol. The Morgan fingerprint density at radius 3 is 2.19 bits per heavy atom. The highest BCUT2D eigenvalue weighted by atomic mass is 32.2. The van der Waals surface area contributed by atoms with Crippen molar-refractivity contribution < 1.29 is 8.42 Å². The normalized spacial score (nSPS) is 33.1. The summed E-state index contributed by atoms with van der Waals surface area (Å²) in [6, 6.07) is 1.10. The fraction of sp³-hybridized carbons (Fsp3) is 1.00. The zero-order valence-electron chi connectivity index (χ0n) is 10.1. The van der Waals surface area contributed by atoms with Crippen LogP contribution in [0.2, 0.25) is 0 Å². The molecule has 0 saturated heterocycles. The van der Waals surface area contributed by atoms with Crippen molar-refractivity contribution in [3.8, 4) is 0 Å². The molecule has 2 rings (SSSR count). The molecule has 94 valence electrons. The van der Waals surface area contributed by atoms with Gasteiger partial charge in [0, 0.05) is 18.3 Å². The highest BCUT2D eigenvalue weighted by Crippen LogP contribution is 2.26. The first-order valence-electron chi connectivity index (χ1n) is 6.50. The molecule has 0 bridgehead atoms. The lowest BCUT2D eigenvalue weighted by Crippen LogP contribution is -2.42. The van der Waals surface area contributed by atoms with Crippen molar-refractivity contribution in [3.63, 3.8) is 0 Å². The van der Waals surface area contributed by atoms with Crippen LogP contribution in [-0.2, 0) is 9.84 Å². The molecule has 0 aromatic carbocycles. The van der Waals surface area contributed by atoms with Crippen LogP contribution in [0, 0.1) is 0 Å². The Hall–Kier alpha value is -0.0900. The third kappa shape index (κ3) is 3.20. The second-order valence-electron chi connectivity index (χ2n) is 5.46. The van der Waals surface area contributed by atoms with Crippen LogP contribution < -0.4 is 5.32 Å². The molecule has 0 aromatic rings. The third-order valence-electron chi connectivity index (χ3n) is 4.06. The van der Waals surface area contributed by atoms with Gasteiger partial charge >= 0.3 is 0 Å². The molecule has 0 amide bonds. The number of rotatable bonds is 3. The van der Waals surface area contributed by atoms with Crippen LogP contribution in [0.15, 0.2) is 0 Å². The summed E-state index contributed by atoms with van der Waals surface area (Å²) in [5, 5.41) is 3.56. The van der Waals surface area contributed by atoms with Gasteiger partial charge in [-0.05, 0) is 32.1 Å². The van der Waals surface area contributed by atoms with Gasteiger partial charge in [-0.25, -0.2) is 8.42 Å². The van der Waals surface area contributed by atoms with Crippen LogP contribution in [0.3, 0.4) is 0 Å². The van der Waals surface area contributed by atoms with Gasteiger partial charge in [0.15, 0.2) is 0 Å². The van der Waals surface area contributed by atoms with E-state index in [0.29, 0.717) is 12.1 Å².